The average Bonchev–Trinajstić information content (AvgIpc) is 2.90. The van der Waals surface area contributed by atoms with Gasteiger partial charge in [-0.15, -0.1) is 0 Å². The van der Waals surface area contributed by atoms with Crippen LogP contribution in [0.1, 0.15) is 54.7 Å². The lowest BCUT2D eigenvalue weighted by Crippen LogP contribution is -2.34. The summed E-state index contributed by atoms with van der Waals surface area (Å²) in [5, 5.41) is 6.38. The molecule has 1 fully saturated rings. The SMILES string of the molecule is O=C(NC1CCCCCC1)c1ccc(NCc2ccccn2)cn1. The molecule has 3 rings (SSSR count). The zero-order valence-electron chi connectivity index (χ0n) is 13.9. The molecular formula is C19H24N4O. The molecule has 0 bridgehead atoms. The first-order valence-corrected chi connectivity index (χ1v) is 8.72. The van der Waals surface area contributed by atoms with E-state index in [0.29, 0.717) is 18.3 Å². The zero-order valence-corrected chi connectivity index (χ0v) is 13.9. The van der Waals surface area contributed by atoms with E-state index in [0.717, 1.165) is 24.2 Å². The molecule has 24 heavy (non-hydrogen) atoms. The van der Waals surface area contributed by atoms with Gasteiger partial charge in [0.15, 0.2) is 0 Å². The van der Waals surface area contributed by atoms with Crippen molar-refractivity contribution in [3.63, 3.8) is 0 Å². The fraction of sp³-hybridized carbons (Fsp3) is 0.421. The summed E-state index contributed by atoms with van der Waals surface area (Å²) in [7, 11) is 0. The van der Waals surface area contributed by atoms with E-state index in [1.807, 2.05) is 24.3 Å². The molecule has 1 amide bonds. The van der Waals surface area contributed by atoms with E-state index in [1.54, 1.807) is 18.5 Å². The largest absolute Gasteiger partial charge is 0.378 e. The molecule has 0 aromatic carbocycles. The minimum atomic E-state index is -0.0711. The minimum Gasteiger partial charge on any atom is -0.378 e. The van der Waals surface area contributed by atoms with Gasteiger partial charge in [-0.1, -0.05) is 31.7 Å². The Morgan fingerprint density at radius 3 is 2.54 bits per heavy atom. The van der Waals surface area contributed by atoms with Gasteiger partial charge in [0.1, 0.15) is 5.69 Å². The van der Waals surface area contributed by atoms with Crippen molar-refractivity contribution in [1.29, 1.82) is 0 Å². The molecule has 126 valence electrons. The van der Waals surface area contributed by atoms with Crippen molar-refractivity contribution in [1.82, 2.24) is 15.3 Å². The number of nitrogens with zero attached hydrogens (tertiary/aromatic N) is 2. The van der Waals surface area contributed by atoms with E-state index in [4.69, 9.17) is 0 Å². The Labute approximate surface area is 142 Å². The minimum absolute atomic E-state index is 0.0711. The molecule has 0 saturated heterocycles. The average molecular weight is 324 g/mol. The summed E-state index contributed by atoms with van der Waals surface area (Å²) in [6, 6.07) is 9.78. The molecule has 0 spiro atoms. The summed E-state index contributed by atoms with van der Waals surface area (Å²) in [6.45, 7) is 0.635. The predicted molar refractivity (Wildman–Crippen MR) is 94.8 cm³/mol. The number of carbonyl (C=O) groups excluding carboxylic acids is 1. The molecule has 1 aliphatic carbocycles. The molecule has 1 aliphatic rings. The Balaban J connectivity index is 1.52. The van der Waals surface area contributed by atoms with Gasteiger partial charge in [0, 0.05) is 12.2 Å². The van der Waals surface area contributed by atoms with Crippen LogP contribution < -0.4 is 10.6 Å². The van der Waals surface area contributed by atoms with Crippen LogP contribution in [0.25, 0.3) is 0 Å². The second-order valence-electron chi connectivity index (χ2n) is 6.27. The topological polar surface area (TPSA) is 66.9 Å². The molecule has 5 nitrogen and oxygen atoms in total. The van der Waals surface area contributed by atoms with Crippen LogP contribution in [0.2, 0.25) is 0 Å². The lowest BCUT2D eigenvalue weighted by Gasteiger charge is -2.16. The highest BCUT2D eigenvalue weighted by molar-refractivity contribution is 5.92. The number of anilines is 1. The molecule has 2 aromatic heterocycles. The standard InChI is InChI=1S/C19H24N4O/c24-19(23-15-7-3-1-2-4-8-15)18-11-10-17(14-22-18)21-13-16-9-5-6-12-20-16/h5-6,9-12,14-15,21H,1-4,7-8,13H2,(H,23,24). The number of carbonyl (C=O) groups is 1. The third kappa shape index (κ3) is 4.78. The highest BCUT2D eigenvalue weighted by Gasteiger charge is 2.16. The Bertz CT molecular complexity index is 634. The third-order valence-corrected chi connectivity index (χ3v) is 4.39. The molecular weight excluding hydrogens is 300 g/mol. The Morgan fingerprint density at radius 1 is 1.04 bits per heavy atom. The maximum Gasteiger partial charge on any atom is 0.270 e. The molecule has 2 aromatic rings. The molecule has 5 heteroatoms. The zero-order chi connectivity index (χ0) is 16.6. The van der Waals surface area contributed by atoms with E-state index in [2.05, 4.69) is 20.6 Å². The summed E-state index contributed by atoms with van der Waals surface area (Å²) in [6.07, 6.45) is 10.6. The summed E-state index contributed by atoms with van der Waals surface area (Å²) in [5.41, 5.74) is 2.32. The van der Waals surface area contributed by atoms with Crippen LogP contribution in [0.3, 0.4) is 0 Å². The van der Waals surface area contributed by atoms with Crippen LogP contribution >= 0.6 is 0 Å². The van der Waals surface area contributed by atoms with Gasteiger partial charge < -0.3 is 10.6 Å². The Hall–Kier alpha value is -2.43. The number of aromatic nitrogens is 2. The van der Waals surface area contributed by atoms with Crippen LogP contribution in [0.5, 0.6) is 0 Å². The summed E-state index contributed by atoms with van der Waals surface area (Å²) < 4.78 is 0. The van der Waals surface area contributed by atoms with Crippen LogP contribution in [-0.4, -0.2) is 21.9 Å². The molecule has 0 aliphatic heterocycles. The first-order chi connectivity index (χ1) is 11.8. The fourth-order valence-corrected chi connectivity index (χ4v) is 3.01. The lowest BCUT2D eigenvalue weighted by molar-refractivity contribution is 0.0928. The maximum absolute atomic E-state index is 12.3. The quantitative estimate of drug-likeness (QED) is 0.826. The van der Waals surface area contributed by atoms with Gasteiger partial charge in [-0.25, -0.2) is 4.98 Å². The Morgan fingerprint density at radius 2 is 1.88 bits per heavy atom. The molecule has 2 heterocycles. The predicted octanol–water partition coefficient (Wildman–Crippen LogP) is 3.54. The van der Waals surface area contributed by atoms with E-state index < -0.39 is 0 Å². The highest BCUT2D eigenvalue weighted by atomic mass is 16.1. The van der Waals surface area contributed by atoms with Crippen molar-refractivity contribution < 1.29 is 4.79 Å². The van der Waals surface area contributed by atoms with Crippen molar-refractivity contribution in [2.75, 3.05) is 5.32 Å². The highest BCUT2D eigenvalue weighted by Crippen LogP contribution is 2.17. The summed E-state index contributed by atoms with van der Waals surface area (Å²) in [4.78, 5) is 20.9. The number of nitrogens with one attached hydrogen (secondary N) is 2. The number of rotatable bonds is 5. The second-order valence-corrected chi connectivity index (χ2v) is 6.27. The van der Waals surface area contributed by atoms with Gasteiger partial charge in [0.05, 0.1) is 24.1 Å². The number of amides is 1. The number of hydrogen-bond donors (Lipinski definition) is 2. The van der Waals surface area contributed by atoms with Crippen LogP contribution in [0, 0.1) is 0 Å². The summed E-state index contributed by atoms with van der Waals surface area (Å²) in [5.74, 6) is -0.0711. The van der Waals surface area contributed by atoms with E-state index in [1.165, 1.54) is 25.7 Å². The van der Waals surface area contributed by atoms with Gasteiger partial charge in [0.25, 0.3) is 5.91 Å². The van der Waals surface area contributed by atoms with Gasteiger partial charge >= 0.3 is 0 Å². The van der Waals surface area contributed by atoms with Crippen molar-refractivity contribution >= 4 is 11.6 Å². The molecule has 2 N–H and O–H groups in total. The monoisotopic (exact) mass is 324 g/mol. The summed E-state index contributed by atoms with van der Waals surface area (Å²) >= 11 is 0. The van der Waals surface area contributed by atoms with Gasteiger partial charge in [-0.2, -0.15) is 0 Å². The van der Waals surface area contributed by atoms with Crippen molar-refractivity contribution in [3.8, 4) is 0 Å². The second kappa shape index (κ2) is 8.43. The smallest absolute Gasteiger partial charge is 0.270 e. The molecule has 0 unspecified atom stereocenters. The molecule has 1 saturated carbocycles. The number of hydrogen-bond acceptors (Lipinski definition) is 4. The van der Waals surface area contributed by atoms with Crippen LogP contribution in [-0.2, 0) is 6.54 Å². The van der Waals surface area contributed by atoms with Gasteiger partial charge in [-0.05, 0) is 37.1 Å². The first kappa shape index (κ1) is 16.4. The third-order valence-electron chi connectivity index (χ3n) is 4.39. The lowest BCUT2D eigenvalue weighted by atomic mass is 10.1. The first-order valence-electron chi connectivity index (χ1n) is 8.72. The normalized spacial score (nSPS) is 15.5. The molecule has 0 radical (unpaired) electrons. The Kier molecular flexibility index (Phi) is 5.77. The van der Waals surface area contributed by atoms with Crippen molar-refractivity contribution in [3.05, 3.63) is 54.1 Å². The van der Waals surface area contributed by atoms with Crippen molar-refractivity contribution in [2.24, 2.45) is 0 Å². The number of pyridine rings is 2. The van der Waals surface area contributed by atoms with E-state index >= 15 is 0 Å². The van der Waals surface area contributed by atoms with Crippen LogP contribution in [0.4, 0.5) is 5.69 Å². The maximum atomic E-state index is 12.3. The van der Waals surface area contributed by atoms with Gasteiger partial charge in [0.2, 0.25) is 0 Å². The molecule has 0 atom stereocenters. The van der Waals surface area contributed by atoms with Crippen LogP contribution in [0.15, 0.2) is 42.7 Å². The van der Waals surface area contributed by atoms with Gasteiger partial charge in [-0.3, -0.25) is 9.78 Å². The van der Waals surface area contributed by atoms with E-state index in [9.17, 15) is 4.79 Å². The fourth-order valence-electron chi connectivity index (χ4n) is 3.01. The van der Waals surface area contributed by atoms with E-state index in [-0.39, 0.29) is 5.91 Å². The van der Waals surface area contributed by atoms with Crippen molar-refractivity contribution in [2.45, 2.75) is 51.1 Å².